The molecule has 18 heavy (non-hydrogen) atoms. The third kappa shape index (κ3) is 2.37. The van der Waals surface area contributed by atoms with Gasteiger partial charge in [0.15, 0.2) is 0 Å². The lowest BCUT2D eigenvalue weighted by Crippen LogP contribution is -1.98. The van der Waals surface area contributed by atoms with Crippen LogP contribution in [0.25, 0.3) is 11.1 Å². The van der Waals surface area contributed by atoms with E-state index >= 15 is 0 Å². The van der Waals surface area contributed by atoms with Crippen LogP contribution in [-0.2, 0) is 13.5 Å². The lowest BCUT2D eigenvalue weighted by molar-refractivity contribution is 0.621. The van der Waals surface area contributed by atoms with Crippen molar-refractivity contribution in [2.75, 3.05) is 5.73 Å². The van der Waals surface area contributed by atoms with Gasteiger partial charge >= 0.3 is 0 Å². The Labute approximate surface area is 106 Å². The van der Waals surface area contributed by atoms with Gasteiger partial charge in [-0.05, 0) is 30.0 Å². The van der Waals surface area contributed by atoms with Crippen LogP contribution in [0, 0.1) is 11.7 Å². The van der Waals surface area contributed by atoms with E-state index in [1.54, 1.807) is 10.7 Å². The number of halogens is 1. The van der Waals surface area contributed by atoms with Crippen LogP contribution in [0.15, 0.2) is 24.3 Å². The Bertz CT molecular complexity index is 558. The number of nitrogens with zero attached hydrogens (tertiary/aromatic N) is 2. The summed E-state index contributed by atoms with van der Waals surface area (Å²) < 4.78 is 15.0. The summed E-state index contributed by atoms with van der Waals surface area (Å²) in [6.45, 7) is 4.25. The molecule has 2 aromatic rings. The van der Waals surface area contributed by atoms with Gasteiger partial charge in [-0.1, -0.05) is 26.0 Å². The summed E-state index contributed by atoms with van der Waals surface area (Å²) >= 11 is 0. The fourth-order valence-corrected chi connectivity index (χ4v) is 2.08. The van der Waals surface area contributed by atoms with Crippen LogP contribution < -0.4 is 5.73 Å². The zero-order valence-corrected chi connectivity index (χ0v) is 10.9. The molecule has 3 nitrogen and oxygen atoms in total. The van der Waals surface area contributed by atoms with Crippen LogP contribution in [0.2, 0.25) is 0 Å². The third-order valence-electron chi connectivity index (χ3n) is 2.88. The number of hydrogen-bond acceptors (Lipinski definition) is 2. The van der Waals surface area contributed by atoms with Crippen LogP contribution in [-0.4, -0.2) is 9.78 Å². The molecule has 0 unspecified atom stereocenters. The van der Waals surface area contributed by atoms with Crippen molar-refractivity contribution in [1.82, 2.24) is 9.78 Å². The molecular formula is C14H18FN3. The highest BCUT2D eigenvalue weighted by Gasteiger charge is 2.16. The molecule has 0 aliphatic heterocycles. The molecule has 0 atom stereocenters. The Morgan fingerprint density at radius 2 is 2.11 bits per heavy atom. The molecule has 0 saturated heterocycles. The predicted octanol–water partition coefficient (Wildman–Crippen LogP) is 3.01. The Morgan fingerprint density at radius 3 is 2.72 bits per heavy atom. The van der Waals surface area contributed by atoms with Crippen molar-refractivity contribution in [3.05, 3.63) is 35.8 Å². The van der Waals surface area contributed by atoms with Crippen molar-refractivity contribution in [3.63, 3.8) is 0 Å². The van der Waals surface area contributed by atoms with Gasteiger partial charge in [0.25, 0.3) is 0 Å². The Morgan fingerprint density at radius 1 is 1.39 bits per heavy atom. The van der Waals surface area contributed by atoms with E-state index in [0.29, 0.717) is 11.7 Å². The fourth-order valence-electron chi connectivity index (χ4n) is 2.08. The summed E-state index contributed by atoms with van der Waals surface area (Å²) in [5.74, 6) is 0.800. The zero-order chi connectivity index (χ0) is 13.3. The Hall–Kier alpha value is -1.84. The number of aromatic nitrogens is 2. The molecule has 0 amide bonds. The number of hydrogen-bond donors (Lipinski definition) is 1. The number of aryl methyl sites for hydroxylation is 1. The molecule has 0 aliphatic rings. The normalized spacial score (nSPS) is 11.2. The molecule has 4 heteroatoms. The first-order chi connectivity index (χ1) is 8.49. The fraction of sp³-hybridized carbons (Fsp3) is 0.357. The van der Waals surface area contributed by atoms with Crippen LogP contribution >= 0.6 is 0 Å². The van der Waals surface area contributed by atoms with E-state index in [1.165, 1.54) is 12.1 Å². The van der Waals surface area contributed by atoms with Crippen molar-refractivity contribution in [3.8, 4) is 11.1 Å². The number of rotatable bonds is 3. The number of nitrogens with two attached hydrogens (primary N) is 1. The topological polar surface area (TPSA) is 43.8 Å². The molecule has 0 fully saturated rings. The predicted molar refractivity (Wildman–Crippen MR) is 71.6 cm³/mol. The largest absolute Gasteiger partial charge is 0.383 e. The molecule has 0 spiro atoms. The molecule has 1 heterocycles. The van der Waals surface area contributed by atoms with E-state index in [1.807, 2.05) is 13.1 Å². The van der Waals surface area contributed by atoms with E-state index in [0.717, 1.165) is 23.2 Å². The minimum absolute atomic E-state index is 0.258. The SMILES string of the molecule is CC(C)Cc1nn(C)c(N)c1-c1cccc(F)c1. The maximum atomic E-state index is 13.3. The average molecular weight is 247 g/mol. The number of nitrogen functional groups attached to an aromatic ring is 1. The van der Waals surface area contributed by atoms with Crippen LogP contribution in [0.3, 0.4) is 0 Å². The van der Waals surface area contributed by atoms with Crippen LogP contribution in [0.1, 0.15) is 19.5 Å². The van der Waals surface area contributed by atoms with Crippen molar-refractivity contribution in [1.29, 1.82) is 0 Å². The van der Waals surface area contributed by atoms with E-state index in [-0.39, 0.29) is 5.82 Å². The van der Waals surface area contributed by atoms with Gasteiger partial charge in [-0.25, -0.2) is 4.39 Å². The first-order valence-corrected chi connectivity index (χ1v) is 6.06. The molecule has 96 valence electrons. The average Bonchev–Trinajstić information content (AvgIpc) is 2.53. The molecule has 0 bridgehead atoms. The first kappa shape index (κ1) is 12.6. The van der Waals surface area contributed by atoms with Crippen molar-refractivity contribution in [2.24, 2.45) is 13.0 Å². The quantitative estimate of drug-likeness (QED) is 0.906. The monoisotopic (exact) mass is 247 g/mol. The zero-order valence-electron chi connectivity index (χ0n) is 10.9. The number of benzene rings is 1. The van der Waals surface area contributed by atoms with Crippen LogP contribution in [0.4, 0.5) is 10.2 Å². The van der Waals surface area contributed by atoms with Gasteiger partial charge in [-0.3, -0.25) is 4.68 Å². The highest BCUT2D eigenvalue weighted by atomic mass is 19.1. The second-order valence-electron chi connectivity index (χ2n) is 4.94. The highest BCUT2D eigenvalue weighted by Crippen LogP contribution is 2.31. The molecule has 2 rings (SSSR count). The summed E-state index contributed by atoms with van der Waals surface area (Å²) in [6, 6.07) is 6.48. The van der Waals surface area contributed by atoms with Gasteiger partial charge in [0.1, 0.15) is 11.6 Å². The molecule has 0 saturated carbocycles. The van der Waals surface area contributed by atoms with Gasteiger partial charge in [-0.15, -0.1) is 0 Å². The standard InChI is InChI=1S/C14H18FN3/c1-9(2)7-12-13(14(16)18(3)17-12)10-5-4-6-11(15)8-10/h4-6,8-9H,7,16H2,1-3H3. The van der Waals surface area contributed by atoms with Gasteiger partial charge in [0, 0.05) is 12.6 Å². The van der Waals surface area contributed by atoms with Crippen molar-refractivity contribution < 1.29 is 4.39 Å². The molecule has 2 N–H and O–H groups in total. The second-order valence-corrected chi connectivity index (χ2v) is 4.94. The first-order valence-electron chi connectivity index (χ1n) is 6.06. The lowest BCUT2D eigenvalue weighted by Gasteiger charge is -2.06. The van der Waals surface area contributed by atoms with E-state index < -0.39 is 0 Å². The van der Waals surface area contributed by atoms with E-state index in [4.69, 9.17) is 5.73 Å². The maximum Gasteiger partial charge on any atom is 0.129 e. The maximum absolute atomic E-state index is 13.3. The molecule has 0 radical (unpaired) electrons. The van der Waals surface area contributed by atoms with Gasteiger partial charge in [-0.2, -0.15) is 5.10 Å². The Balaban J connectivity index is 2.55. The van der Waals surface area contributed by atoms with Crippen molar-refractivity contribution in [2.45, 2.75) is 20.3 Å². The molecule has 0 aliphatic carbocycles. The minimum Gasteiger partial charge on any atom is -0.383 e. The summed E-state index contributed by atoms with van der Waals surface area (Å²) in [5, 5.41) is 4.43. The minimum atomic E-state index is -0.258. The summed E-state index contributed by atoms with van der Waals surface area (Å²) in [5.41, 5.74) is 8.61. The third-order valence-corrected chi connectivity index (χ3v) is 2.88. The Kier molecular flexibility index (Phi) is 3.36. The van der Waals surface area contributed by atoms with Crippen molar-refractivity contribution >= 4 is 5.82 Å². The smallest absolute Gasteiger partial charge is 0.129 e. The van der Waals surface area contributed by atoms with E-state index in [9.17, 15) is 4.39 Å². The summed E-state index contributed by atoms with van der Waals surface area (Å²) in [6.07, 6.45) is 0.830. The molecular weight excluding hydrogens is 229 g/mol. The summed E-state index contributed by atoms with van der Waals surface area (Å²) in [4.78, 5) is 0. The number of anilines is 1. The lowest BCUT2D eigenvalue weighted by atomic mass is 9.99. The van der Waals surface area contributed by atoms with Gasteiger partial charge in [0.05, 0.1) is 5.69 Å². The van der Waals surface area contributed by atoms with Gasteiger partial charge in [0.2, 0.25) is 0 Å². The van der Waals surface area contributed by atoms with Crippen LogP contribution in [0.5, 0.6) is 0 Å². The summed E-state index contributed by atoms with van der Waals surface area (Å²) in [7, 11) is 1.81. The highest BCUT2D eigenvalue weighted by molar-refractivity contribution is 5.76. The van der Waals surface area contributed by atoms with E-state index in [2.05, 4.69) is 18.9 Å². The van der Waals surface area contributed by atoms with Gasteiger partial charge < -0.3 is 5.73 Å². The molecule has 1 aromatic heterocycles. The second kappa shape index (κ2) is 4.80. The molecule has 1 aromatic carbocycles.